The van der Waals surface area contributed by atoms with Crippen LogP contribution in [-0.2, 0) is 0 Å². The van der Waals surface area contributed by atoms with E-state index in [0.29, 0.717) is 16.6 Å². The van der Waals surface area contributed by atoms with Crippen molar-refractivity contribution in [3.05, 3.63) is 46.1 Å². The van der Waals surface area contributed by atoms with Gasteiger partial charge in [0, 0.05) is 28.6 Å². The molecule has 1 fully saturated rings. The summed E-state index contributed by atoms with van der Waals surface area (Å²) in [6.45, 7) is 1.93. The molecule has 0 unspecified atom stereocenters. The van der Waals surface area contributed by atoms with Gasteiger partial charge in [-0.2, -0.15) is 0 Å². The summed E-state index contributed by atoms with van der Waals surface area (Å²) in [5, 5.41) is 12.5. The number of benzene rings is 1. The van der Waals surface area contributed by atoms with Crippen molar-refractivity contribution >= 4 is 17.4 Å². The van der Waals surface area contributed by atoms with Gasteiger partial charge in [-0.15, -0.1) is 11.8 Å². The van der Waals surface area contributed by atoms with Gasteiger partial charge in [0.05, 0.1) is 4.92 Å². The van der Waals surface area contributed by atoms with Gasteiger partial charge in [0.1, 0.15) is 5.03 Å². The van der Waals surface area contributed by atoms with Crippen LogP contribution in [0, 0.1) is 17.0 Å². The molecule has 1 saturated carbocycles. The highest BCUT2D eigenvalue weighted by Crippen LogP contribution is 2.34. The number of aromatic nitrogens is 2. The second kappa shape index (κ2) is 6.44. The molecule has 2 aromatic rings. The van der Waals surface area contributed by atoms with E-state index in [0.717, 1.165) is 10.7 Å². The summed E-state index contributed by atoms with van der Waals surface area (Å²) in [6, 6.07) is 8.48. The minimum Gasteiger partial charge on any atom is -0.258 e. The van der Waals surface area contributed by atoms with E-state index in [4.69, 9.17) is 0 Å². The zero-order valence-electron chi connectivity index (χ0n) is 12.4. The van der Waals surface area contributed by atoms with E-state index < -0.39 is 4.92 Å². The Morgan fingerprint density at radius 3 is 2.73 bits per heavy atom. The van der Waals surface area contributed by atoms with Crippen LogP contribution in [0.1, 0.15) is 31.4 Å². The van der Waals surface area contributed by atoms with Gasteiger partial charge in [0.25, 0.3) is 5.69 Å². The first-order valence-electron chi connectivity index (χ1n) is 7.39. The average Bonchev–Trinajstić information content (AvgIpc) is 2.99. The van der Waals surface area contributed by atoms with Crippen LogP contribution < -0.4 is 0 Å². The molecule has 0 bridgehead atoms. The van der Waals surface area contributed by atoms with Crippen molar-refractivity contribution in [2.75, 3.05) is 0 Å². The fraction of sp³-hybridized carbons (Fsp3) is 0.375. The topological polar surface area (TPSA) is 68.9 Å². The Bertz CT molecular complexity index is 700. The van der Waals surface area contributed by atoms with Crippen molar-refractivity contribution in [1.29, 1.82) is 0 Å². The van der Waals surface area contributed by atoms with E-state index in [-0.39, 0.29) is 5.69 Å². The molecule has 22 heavy (non-hydrogen) atoms. The predicted molar refractivity (Wildman–Crippen MR) is 87.0 cm³/mol. The number of nitrogens with zero attached hydrogens (tertiary/aromatic N) is 3. The largest absolute Gasteiger partial charge is 0.270 e. The van der Waals surface area contributed by atoms with E-state index in [1.54, 1.807) is 17.8 Å². The van der Waals surface area contributed by atoms with Crippen LogP contribution in [0.25, 0.3) is 11.4 Å². The standard InChI is InChI=1S/C16H17N3O2S/c1-11-9-15(22-14-7-2-3-8-14)18-16(17-11)12-5-4-6-13(10-12)19(20)21/h4-6,9-10,14H,2-3,7-8H2,1H3. The third-order valence-electron chi connectivity index (χ3n) is 3.74. The molecule has 1 aliphatic rings. The van der Waals surface area contributed by atoms with E-state index in [9.17, 15) is 10.1 Å². The summed E-state index contributed by atoms with van der Waals surface area (Å²) in [6.07, 6.45) is 5.05. The van der Waals surface area contributed by atoms with Crippen molar-refractivity contribution < 1.29 is 4.92 Å². The van der Waals surface area contributed by atoms with Crippen molar-refractivity contribution in [2.24, 2.45) is 0 Å². The van der Waals surface area contributed by atoms with Crippen LogP contribution in [0.4, 0.5) is 5.69 Å². The summed E-state index contributed by atoms with van der Waals surface area (Å²) >= 11 is 1.80. The molecule has 0 radical (unpaired) electrons. The zero-order valence-corrected chi connectivity index (χ0v) is 13.2. The first-order valence-corrected chi connectivity index (χ1v) is 8.27. The van der Waals surface area contributed by atoms with Gasteiger partial charge in [-0.3, -0.25) is 10.1 Å². The SMILES string of the molecule is Cc1cc(SC2CCCC2)nc(-c2cccc([N+](=O)[O-])c2)n1. The quantitative estimate of drug-likeness (QED) is 0.475. The number of non-ortho nitro benzene ring substituents is 1. The average molecular weight is 315 g/mol. The zero-order chi connectivity index (χ0) is 15.5. The Morgan fingerprint density at radius 2 is 2.00 bits per heavy atom. The van der Waals surface area contributed by atoms with Gasteiger partial charge in [-0.1, -0.05) is 25.0 Å². The van der Waals surface area contributed by atoms with Crippen LogP contribution in [0.15, 0.2) is 35.4 Å². The molecule has 1 aliphatic carbocycles. The molecule has 0 atom stereocenters. The van der Waals surface area contributed by atoms with E-state index in [1.165, 1.54) is 37.8 Å². The number of thioether (sulfide) groups is 1. The van der Waals surface area contributed by atoms with E-state index >= 15 is 0 Å². The van der Waals surface area contributed by atoms with E-state index in [1.807, 2.05) is 19.1 Å². The first kappa shape index (κ1) is 15.0. The summed E-state index contributed by atoms with van der Waals surface area (Å²) in [7, 11) is 0. The lowest BCUT2D eigenvalue weighted by Gasteiger charge is -2.10. The highest BCUT2D eigenvalue weighted by atomic mass is 32.2. The third-order valence-corrected chi connectivity index (χ3v) is 4.99. The maximum absolute atomic E-state index is 10.9. The molecular weight excluding hydrogens is 298 g/mol. The Labute approximate surface area is 133 Å². The summed E-state index contributed by atoms with van der Waals surface area (Å²) in [4.78, 5) is 19.5. The van der Waals surface area contributed by atoms with Gasteiger partial charge in [0.2, 0.25) is 0 Å². The molecule has 114 valence electrons. The third kappa shape index (κ3) is 3.44. The number of hydrogen-bond acceptors (Lipinski definition) is 5. The second-order valence-electron chi connectivity index (χ2n) is 5.50. The minimum absolute atomic E-state index is 0.0626. The number of aryl methyl sites for hydroxylation is 1. The molecule has 5 nitrogen and oxygen atoms in total. The number of nitro benzene ring substituents is 1. The molecule has 0 spiro atoms. The maximum Gasteiger partial charge on any atom is 0.270 e. The molecule has 3 rings (SSSR count). The van der Waals surface area contributed by atoms with Crippen LogP contribution in [0.5, 0.6) is 0 Å². The van der Waals surface area contributed by atoms with Crippen LogP contribution in [-0.4, -0.2) is 20.1 Å². The van der Waals surface area contributed by atoms with Gasteiger partial charge in [0.15, 0.2) is 5.82 Å². The molecule has 1 aromatic carbocycles. The lowest BCUT2D eigenvalue weighted by Crippen LogP contribution is -1.99. The molecule has 1 aromatic heterocycles. The van der Waals surface area contributed by atoms with Gasteiger partial charge in [-0.25, -0.2) is 9.97 Å². The van der Waals surface area contributed by atoms with Crippen molar-refractivity contribution in [3.63, 3.8) is 0 Å². The molecule has 0 amide bonds. The Morgan fingerprint density at radius 1 is 1.23 bits per heavy atom. The molecular formula is C16H17N3O2S. The predicted octanol–water partition coefficient (Wildman–Crippen LogP) is 4.39. The highest BCUT2D eigenvalue weighted by Gasteiger charge is 2.18. The minimum atomic E-state index is -0.395. The fourth-order valence-corrected chi connectivity index (χ4v) is 3.95. The Balaban J connectivity index is 1.91. The maximum atomic E-state index is 10.9. The van der Waals surface area contributed by atoms with Crippen molar-refractivity contribution in [3.8, 4) is 11.4 Å². The van der Waals surface area contributed by atoms with E-state index in [2.05, 4.69) is 9.97 Å². The molecule has 0 saturated heterocycles. The smallest absolute Gasteiger partial charge is 0.258 e. The lowest BCUT2D eigenvalue weighted by atomic mass is 10.2. The highest BCUT2D eigenvalue weighted by molar-refractivity contribution is 7.99. The lowest BCUT2D eigenvalue weighted by molar-refractivity contribution is -0.384. The molecule has 0 N–H and O–H groups in total. The summed E-state index contributed by atoms with van der Waals surface area (Å²) < 4.78 is 0. The molecule has 1 heterocycles. The van der Waals surface area contributed by atoms with Gasteiger partial charge in [-0.05, 0) is 25.8 Å². The van der Waals surface area contributed by atoms with Crippen LogP contribution in [0.3, 0.4) is 0 Å². The molecule has 0 aliphatic heterocycles. The number of nitro groups is 1. The first-order chi connectivity index (χ1) is 10.6. The van der Waals surface area contributed by atoms with Gasteiger partial charge < -0.3 is 0 Å². The van der Waals surface area contributed by atoms with Gasteiger partial charge >= 0.3 is 0 Å². The van der Waals surface area contributed by atoms with Crippen molar-refractivity contribution in [2.45, 2.75) is 42.9 Å². The number of hydrogen-bond donors (Lipinski definition) is 0. The Hall–Kier alpha value is -1.95. The normalized spacial score (nSPS) is 15.1. The second-order valence-corrected chi connectivity index (χ2v) is 6.82. The monoisotopic (exact) mass is 315 g/mol. The van der Waals surface area contributed by atoms with Crippen molar-refractivity contribution in [1.82, 2.24) is 9.97 Å². The molecule has 6 heteroatoms. The summed E-state index contributed by atoms with van der Waals surface area (Å²) in [5.41, 5.74) is 1.63. The fourth-order valence-electron chi connectivity index (χ4n) is 2.66. The number of rotatable bonds is 4. The van der Waals surface area contributed by atoms with Crippen LogP contribution in [0.2, 0.25) is 0 Å². The summed E-state index contributed by atoms with van der Waals surface area (Å²) in [5.74, 6) is 0.559. The Kier molecular flexibility index (Phi) is 4.38. The van der Waals surface area contributed by atoms with Crippen LogP contribution >= 0.6 is 11.8 Å².